The molecule has 0 N–H and O–H groups in total. The van der Waals surface area contributed by atoms with Gasteiger partial charge in [0.25, 0.3) is 5.90 Å². The number of carbonyl (C=O) groups excluding carboxylic acids is 1. The van der Waals surface area contributed by atoms with Gasteiger partial charge >= 0.3 is 5.97 Å². The van der Waals surface area contributed by atoms with E-state index in [9.17, 15) is 4.79 Å². The van der Waals surface area contributed by atoms with Crippen molar-refractivity contribution in [3.8, 4) is 5.75 Å². The summed E-state index contributed by atoms with van der Waals surface area (Å²) in [4.78, 5) is 16.1. The lowest BCUT2D eigenvalue weighted by Crippen LogP contribution is -2.04. The first-order chi connectivity index (χ1) is 10.8. The van der Waals surface area contributed by atoms with Crippen LogP contribution < -0.4 is 4.74 Å². The predicted octanol–water partition coefficient (Wildman–Crippen LogP) is 3.41. The van der Waals surface area contributed by atoms with Gasteiger partial charge in [-0.25, -0.2) is 9.79 Å². The van der Waals surface area contributed by atoms with Crippen LogP contribution in [-0.4, -0.2) is 18.5 Å². The maximum atomic E-state index is 11.9. The number of nitrogens with zero attached hydrogens (tertiary/aromatic N) is 1. The van der Waals surface area contributed by atoms with Gasteiger partial charge in [-0.3, -0.25) is 0 Å². The quantitative estimate of drug-likeness (QED) is 0.626. The average Bonchev–Trinajstić information content (AvgIpc) is 3.17. The lowest BCUT2D eigenvalue weighted by molar-refractivity contribution is -0.130. The molecule has 5 nitrogen and oxygen atoms in total. The second kappa shape index (κ2) is 6.30. The monoisotopic (exact) mass is 297 g/mol. The van der Waals surface area contributed by atoms with Gasteiger partial charge in [0.15, 0.2) is 11.5 Å². The van der Waals surface area contributed by atoms with Gasteiger partial charge in [0.05, 0.1) is 12.9 Å². The van der Waals surface area contributed by atoms with Crippen LogP contribution in [0.25, 0.3) is 6.08 Å². The summed E-state index contributed by atoms with van der Waals surface area (Å²) in [5, 5.41) is 0. The fraction of sp³-hybridized carbons (Fsp3) is 0.176. The molecular formula is C17H15NO4. The molecule has 2 heterocycles. The van der Waals surface area contributed by atoms with Crippen molar-refractivity contribution in [2.45, 2.75) is 13.3 Å². The Morgan fingerprint density at radius 3 is 2.86 bits per heavy atom. The molecule has 1 aliphatic rings. The van der Waals surface area contributed by atoms with E-state index in [4.69, 9.17) is 13.9 Å². The SMILES string of the molecule is CCCOc1ccccc1/C=C1/N=C(c2ccco2)OC1=O. The molecular weight excluding hydrogens is 282 g/mol. The molecule has 0 radical (unpaired) electrons. The fourth-order valence-electron chi connectivity index (χ4n) is 2.01. The lowest BCUT2D eigenvalue weighted by Gasteiger charge is -2.07. The largest absolute Gasteiger partial charge is 0.493 e. The Morgan fingerprint density at radius 2 is 2.09 bits per heavy atom. The zero-order valence-corrected chi connectivity index (χ0v) is 12.1. The first kappa shape index (κ1) is 14.1. The molecule has 0 bridgehead atoms. The van der Waals surface area contributed by atoms with Gasteiger partial charge in [0.2, 0.25) is 0 Å². The summed E-state index contributed by atoms with van der Waals surface area (Å²) in [6.07, 6.45) is 4.07. The van der Waals surface area contributed by atoms with Crippen molar-refractivity contribution in [3.05, 3.63) is 59.7 Å². The number of esters is 1. The Kier molecular flexibility index (Phi) is 4.05. The summed E-state index contributed by atoms with van der Waals surface area (Å²) in [5.41, 5.74) is 1.01. The van der Waals surface area contributed by atoms with Crippen LogP contribution in [0.4, 0.5) is 0 Å². The third-order valence-corrected chi connectivity index (χ3v) is 3.03. The van der Waals surface area contributed by atoms with Crippen LogP contribution in [-0.2, 0) is 9.53 Å². The molecule has 112 valence electrons. The van der Waals surface area contributed by atoms with Gasteiger partial charge in [0, 0.05) is 5.56 Å². The van der Waals surface area contributed by atoms with Crippen molar-refractivity contribution in [1.29, 1.82) is 0 Å². The summed E-state index contributed by atoms with van der Waals surface area (Å²) in [7, 11) is 0. The molecule has 1 aromatic carbocycles. The van der Waals surface area contributed by atoms with Gasteiger partial charge in [-0.1, -0.05) is 25.1 Å². The normalized spacial score (nSPS) is 15.8. The van der Waals surface area contributed by atoms with Gasteiger partial charge in [-0.2, -0.15) is 0 Å². The highest BCUT2D eigenvalue weighted by atomic mass is 16.6. The third-order valence-electron chi connectivity index (χ3n) is 3.03. The highest BCUT2D eigenvalue weighted by molar-refractivity contribution is 6.11. The average molecular weight is 297 g/mol. The predicted molar refractivity (Wildman–Crippen MR) is 81.5 cm³/mol. The number of hydrogen-bond acceptors (Lipinski definition) is 5. The van der Waals surface area contributed by atoms with E-state index in [1.54, 1.807) is 18.2 Å². The van der Waals surface area contributed by atoms with Gasteiger partial charge in [-0.05, 0) is 30.7 Å². The second-order valence-electron chi connectivity index (χ2n) is 4.70. The van der Waals surface area contributed by atoms with Crippen LogP contribution in [0, 0.1) is 0 Å². The summed E-state index contributed by atoms with van der Waals surface area (Å²) in [5.74, 6) is 0.809. The zero-order chi connectivity index (χ0) is 15.4. The molecule has 0 unspecified atom stereocenters. The van der Waals surface area contributed by atoms with Crippen LogP contribution in [0.2, 0.25) is 0 Å². The maximum Gasteiger partial charge on any atom is 0.363 e. The summed E-state index contributed by atoms with van der Waals surface area (Å²) >= 11 is 0. The smallest absolute Gasteiger partial charge is 0.363 e. The number of ether oxygens (including phenoxy) is 2. The highest BCUT2D eigenvalue weighted by Gasteiger charge is 2.26. The number of rotatable bonds is 5. The number of benzene rings is 1. The Balaban J connectivity index is 1.90. The van der Waals surface area contributed by atoms with Gasteiger partial charge in [0.1, 0.15) is 5.75 Å². The van der Waals surface area contributed by atoms with E-state index in [0.29, 0.717) is 18.1 Å². The second-order valence-corrected chi connectivity index (χ2v) is 4.70. The van der Waals surface area contributed by atoms with Crippen LogP contribution in [0.1, 0.15) is 24.7 Å². The molecule has 1 aromatic heterocycles. The van der Waals surface area contributed by atoms with Crippen molar-refractivity contribution in [2.24, 2.45) is 4.99 Å². The van der Waals surface area contributed by atoms with Crippen molar-refractivity contribution >= 4 is 17.9 Å². The summed E-state index contributed by atoms with van der Waals surface area (Å²) in [6.45, 7) is 2.65. The minimum atomic E-state index is -0.503. The van der Waals surface area contributed by atoms with Crippen LogP contribution in [0.5, 0.6) is 5.75 Å². The molecule has 0 aliphatic carbocycles. The molecule has 0 amide bonds. The molecule has 5 heteroatoms. The van der Waals surface area contributed by atoms with E-state index in [1.807, 2.05) is 31.2 Å². The topological polar surface area (TPSA) is 61.0 Å². The Hall–Kier alpha value is -2.82. The van der Waals surface area contributed by atoms with Crippen molar-refractivity contribution in [3.63, 3.8) is 0 Å². The van der Waals surface area contributed by atoms with Crippen LogP contribution in [0.3, 0.4) is 0 Å². The van der Waals surface area contributed by atoms with Gasteiger partial charge in [-0.15, -0.1) is 0 Å². The standard InChI is InChI=1S/C17H15NO4/c1-2-9-20-14-7-4-3-6-12(14)11-13-17(19)22-16(18-13)15-8-5-10-21-15/h3-8,10-11H,2,9H2,1H3/b13-11+. The zero-order valence-electron chi connectivity index (χ0n) is 12.1. The van der Waals surface area contributed by atoms with Crippen LogP contribution in [0.15, 0.2) is 57.8 Å². The van der Waals surface area contributed by atoms with Crippen molar-refractivity contribution in [1.82, 2.24) is 0 Å². The third kappa shape index (κ3) is 2.93. The molecule has 0 saturated carbocycles. The first-order valence-electron chi connectivity index (χ1n) is 7.06. The number of cyclic esters (lactones) is 1. The molecule has 0 atom stereocenters. The summed E-state index contributed by atoms with van der Waals surface area (Å²) in [6, 6.07) is 10.9. The Morgan fingerprint density at radius 1 is 1.23 bits per heavy atom. The molecule has 0 saturated heterocycles. The minimum absolute atomic E-state index is 0.174. The molecule has 3 rings (SSSR count). The van der Waals surface area contributed by atoms with E-state index in [2.05, 4.69) is 4.99 Å². The lowest BCUT2D eigenvalue weighted by atomic mass is 10.1. The van der Waals surface area contributed by atoms with E-state index in [1.165, 1.54) is 6.26 Å². The molecule has 1 aliphatic heterocycles. The number of para-hydroxylation sites is 1. The molecule has 2 aromatic rings. The van der Waals surface area contributed by atoms with Crippen molar-refractivity contribution in [2.75, 3.05) is 6.61 Å². The molecule has 0 fully saturated rings. The van der Waals surface area contributed by atoms with E-state index < -0.39 is 5.97 Å². The van der Waals surface area contributed by atoms with E-state index >= 15 is 0 Å². The Labute approximate surface area is 127 Å². The van der Waals surface area contributed by atoms with Crippen molar-refractivity contribution < 1.29 is 18.7 Å². The number of carbonyl (C=O) groups is 1. The fourth-order valence-corrected chi connectivity index (χ4v) is 2.01. The first-order valence-corrected chi connectivity index (χ1v) is 7.06. The number of furan rings is 1. The molecule has 22 heavy (non-hydrogen) atoms. The van der Waals surface area contributed by atoms with Crippen LogP contribution >= 0.6 is 0 Å². The van der Waals surface area contributed by atoms with E-state index in [0.717, 1.165) is 12.0 Å². The number of aliphatic imine (C=N–C) groups is 1. The Bertz CT molecular complexity index is 729. The van der Waals surface area contributed by atoms with E-state index in [-0.39, 0.29) is 11.6 Å². The summed E-state index contributed by atoms with van der Waals surface area (Å²) < 4.78 is 16.0. The maximum absolute atomic E-state index is 11.9. The number of hydrogen-bond donors (Lipinski definition) is 0. The minimum Gasteiger partial charge on any atom is -0.493 e. The highest BCUT2D eigenvalue weighted by Crippen LogP contribution is 2.24. The van der Waals surface area contributed by atoms with Gasteiger partial charge < -0.3 is 13.9 Å². The molecule has 0 spiro atoms.